The number of rotatable bonds is 5. The molecule has 2 aliphatic rings. The van der Waals surface area contributed by atoms with E-state index in [1.807, 2.05) is 0 Å². The molecule has 0 spiro atoms. The smallest absolute Gasteiger partial charge is 0.313 e. The number of methoxy groups -OCH3 is 1. The number of hydrogen-bond acceptors (Lipinski definition) is 3. The SMILES string of the molecule is COCC1(C(=O)O)CCCN(C(=O)C2CCC(C(C)C)CC2)C1. The molecule has 5 nitrogen and oxygen atoms in total. The molecule has 132 valence electrons. The molecular formula is C18H31NO4. The van der Waals surface area contributed by atoms with E-state index in [1.165, 1.54) is 7.11 Å². The third-order valence-electron chi connectivity index (χ3n) is 5.83. The topological polar surface area (TPSA) is 66.8 Å². The van der Waals surface area contributed by atoms with E-state index in [4.69, 9.17) is 4.74 Å². The average molecular weight is 325 g/mol. The Hall–Kier alpha value is -1.10. The zero-order valence-corrected chi connectivity index (χ0v) is 14.7. The summed E-state index contributed by atoms with van der Waals surface area (Å²) in [7, 11) is 1.53. The second-order valence-electron chi connectivity index (χ2n) is 7.74. The minimum Gasteiger partial charge on any atom is -0.481 e. The van der Waals surface area contributed by atoms with Gasteiger partial charge in [-0.2, -0.15) is 0 Å². The van der Waals surface area contributed by atoms with Gasteiger partial charge in [-0.1, -0.05) is 13.8 Å². The highest BCUT2D eigenvalue weighted by Gasteiger charge is 2.45. The molecule has 1 aliphatic carbocycles. The molecule has 0 aromatic carbocycles. The number of carboxylic acid groups (broad SMARTS) is 1. The maximum absolute atomic E-state index is 12.8. The molecule has 2 rings (SSSR count). The predicted molar refractivity (Wildman–Crippen MR) is 88.0 cm³/mol. The van der Waals surface area contributed by atoms with Crippen LogP contribution >= 0.6 is 0 Å². The molecular weight excluding hydrogens is 294 g/mol. The van der Waals surface area contributed by atoms with E-state index >= 15 is 0 Å². The summed E-state index contributed by atoms with van der Waals surface area (Å²) in [6, 6.07) is 0. The molecule has 1 heterocycles. The number of amides is 1. The van der Waals surface area contributed by atoms with Crippen LogP contribution in [0.1, 0.15) is 52.4 Å². The summed E-state index contributed by atoms with van der Waals surface area (Å²) in [5, 5.41) is 9.61. The fraction of sp³-hybridized carbons (Fsp3) is 0.889. The van der Waals surface area contributed by atoms with Gasteiger partial charge in [-0.15, -0.1) is 0 Å². The summed E-state index contributed by atoms with van der Waals surface area (Å²) in [5.74, 6) is 0.806. The number of ether oxygens (including phenoxy) is 1. The van der Waals surface area contributed by atoms with Crippen molar-refractivity contribution in [2.24, 2.45) is 23.2 Å². The van der Waals surface area contributed by atoms with Crippen LogP contribution < -0.4 is 0 Å². The van der Waals surface area contributed by atoms with Gasteiger partial charge in [-0.25, -0.2) is 0 Å². The highest BCUT2D eigenvalue weighted by Crippen LogP contribution is 2.36. The van der Waals surface area contributed by atoms with E-state index in [0.29, 0.717) is 25.4 Å². The Labute approximate surface area is 139 Å². The number of carboxylic acids is 1. The summed E-state index contributed by atoms with van der Waals surface area (Å²) >= 11 is 0. The van der Waals surface area contributed by atoms with Crippen molar-refractivity contribution in [1.29, 1.82) is 0 Å². The number of nitrogens with zero attached hydrogens (tertiary/aromatic N) is 1. The van der Waals surface area contributed by atoms with Gasteiger partial charge in [0, 0.05) is 26.1 Å². The van der Waals surface area contributed by atoms with Crippen LogP contribution in [0, 0.1) is 23.2 Å². The van der Waals surface area contributed by atoms with Crippen molar-refractivity contribution in [2.75, 3.05) is 26.8 Å². The molecule has 23 heavy (non-hydrogen) atoms. The summed E-state index contributed by atoms with van der Waals surface area (Å²) in [6.07, 6.45) is 5.45. The van der Waals surface area contributed by atoms with E-state index in [1.54, 1.807) is 4.90 Å². The largest absolute Gasteiger partial charge is 0.481 e. The van der Waals surface area contributed by atoms with Crippen LogP contribution in [0.25, 0.3) is 0 Å². The minimum absolute atomic E-state index is 0.0807. The van der Waals surface area contributed by atoms with Gasteiger partial charge in [0.25, 0.3) is 0 Å². The lowest BCUT2D eigenvalue weighted by Gasteiger charge is -2.41. The van der Waals surface area contributed by atoms with Crippen molar-refractivity contribution in [1.82, 2.24) is 4.90 Å². The first-order chi connectivity index (χ1) is 10.9. The fourth-order valence-electron chi connectivity index (χ4n) is 4.24. The monoisotopic (exact) mass is 325 g/mol. The Bertz CT molecular complexity index is 425. The first-order valence-corrected chi connectivity index (χ1v) is 8.91. The van der Waals surface area contributed by atoms with Crippen LogP contribution in [0.2, 0.25) is 0 Å². The Morgan fingerprint density at radius 1 is 1.26 bits per heavy atom. The highest BCUT2D eigenvalue weighted by atomic mass is 16.5. The molecule has 0 radical (unpaired) electrons. The van der Waals surface area contributed by atoms with Gasteiger partial charge in [-0.3, -0.25) is 9.59 Å². The molecule has 5 heteroatoms. The third kappa shape index (κ3) is 4.06. The van der Waals surface area contributed by atoms with E-state index in [0.717, 1.165) is 38.0 Å². The van der Waals surface area contributed by atoms with E-state index in [9.17, 15) is 14.7 Å². The Kier molecular flexibility index (Phi) is 6.06. The van der Waals surface area contributed by atoms with E-state index in [2.05, 4.69) is 13.8 Å². The number of hydrogen-bond donors (Lipinski definition) is 1. The van der Waals surface area contributed by atoms with Crippen LogP contribution in [0.5, 0.6) is 0 Å². The van der Waals surface area contributed by atoms with Gasteiger partial charge in [0.2, 0.25) is 5.91 Å². The zero-order chi connectivity index (χ0) is 17.0. The van der Waals surface area contributed by atoms with Crippen LogP contribution in [0.3, 0.4) is 0 Å². The molecule has 1 saturated carbocycles. The third-order valence-corrected chi connectivity index (χ3v) is 5.83. The van der Waals surface area contributed by atoms with Crippen molar-refractivity contribution in [3.8, 4) is 0 Å². The standard InChI is InChI=1S/C18H31NO4/c1-13(2)14-5-7-15(8-6-14)16(20)19-10-4-9-18(11-19,12-23-3)17(21)22/h13-15H,4-12H2,1-3H3,(H,21,22). The first-order valence-electron chi connectivity index (χ1n) is 8.91. The summed E-state index contributed by atoms with van der Waals surface area (Å²) in [5.41, 5.74) is -0.933. The summed E-state index contributed by atoms with van der Waals surface area (Å²) in [4.78, 5) is 26.3. The van der Waals surface area contributed by atoms with Crippen LogP contribution in [-0.4, -0.2) is 48.7 Å². The number of carbonyl (C=O) groups is 2. The van der Waals surface area contributed by atoms with Gasteiger partial charge in [0.05, 0.1) is 6.61 Å². The highest BCUT2D eigenvalue weighted by molar-refractivity contribution is 5.81. The predicted octanol–water partition coefficient (Wildman–Crippen LogP) is 2.79. The second-order valence-corrected chi connectivity index (χ2v) is 7.74. The number of aliphatic carboxylic acids is 1. The molecule has 1 unspecified atom stereocenters. The van der Waals surface area contributed by atoms with Crippen LogP contribution in [-0.2, 0) is 14.3 Å². The van der Waals surface area contributed by atoms with Crippen LogP contribution in [0.15, 0.2) is 0 Å². The fourth-order valence-corrected chi connectivity index (χ4v) is 4.24. The second kappa shape index (κ2) is 7.65. The van der Waals surface area contributed by atoms with Crippen LogP contribution in [0.4, 0.5) is 0 Å². The van der Waals surface area contributed by atoms with Gasteiger partial charge in [-0.05, 0) is 50.4 Å². The Morgan fingerprint density at radius 2 is 1.91 bits per heavy atom. The lowest BCUT2D eigenvalue weighted by Crippen LogP contribution is -2.53. The van der Waals surface area contributed by atoms with Gasteiger partial charge in [0.1, 0.15) is 5.41 Å². The van der Waals surface area contributed by atoms with Gasteiger partial charge >= 0.3 is 5.97 Å². The van der Waals surface area contributed by atoms with Gasteiger partial charge in [0.15, 0.2) is 0 Å². The quantitative estimate of drug-likeness (QED) is 0.844. The van der Waals surface area contributed by atoms with Crippen molar-refractivity contribution < 1.29 is 19.4 Å². The molecule has 0 bridgehead atoms. The maximum Gasteiger partial charge on any atom is 0.313 e. The van der Waals surface area contributed by atoms with E-state index < -0.39 is 11.4 Å². The normalized spacial score (nSPS) is 32.1. The molecule has 1 saturated heterocycles. The molecule has 1 aliphatic heterocycles. The minimum atomic E-state index is -0.933. The van der Waals surface area contributed by atoms with E-state index in [-0.39, 0.29) is 18.4 Å². The lowest BCUT2D eigenvalue weighted by molar-refractivity contribution is -0.160. The van der Waals surface area contributed by atoms with Crippen molar-refractivity contribution >= 4 is 11.9 Å². The van der Waals surface area contributed by atoms with Crippen molar-refractivity contribution in [3.05, 3.63) is 0 Å². The molecule has 1 amide bonds. The number of piperidine rings is 1. The average Bonchev–Trinajstić information content (AvgIpc) is 2.54. The first kappa shape index (κ1) is 18.2. The van der Waals surface area contributed by atoms with Gasteiger partial charge < -0.3 is 14.7 Å². The Balaban J connectivity index is 1.98. The number of carbonyl (C=O) groups excluding carboxylic acids is 1. The molecule has 2 fully saturated rings. The summed E-state index contributed by atoms with van der Waals surface area (Å²) < 4.78 is 5.14. The molecule has 0 aromatic heterocycles. The number of likely N-dealkylation sites (tertiary alicyclic amines) is 1. The molecule has 0 aromatic rings. The Morgan fingerprint density at radius 3 is 2.43 bits per heavy atom. The van der Waals surface area contributed by atoms with Crippen molar-refractivity contribution in [3.63, 3.8) is 0 Å². The zero-order valence-electron chi connectivity index (χ0n) is 14.7. The lowest BCUT2D eigenvalue weighted by atomic mass is 9.75. The molecule has 1 atom stereocenters. The molecule has 1 N–H and O–H groups in total. The maximum atomic E-state index is 12.8. The summed E-state index contributed by atoms with van der Waals surface area (Å²) in [6.45, 7) is 5.65. The van der Waals surface area contributed by atoms with Crippen molar-refractivity contribution in [2.45, 2.75) is 52.4 Å².